The molecule has 1 aromatic heterocycles. The first kappa shape index (κ1) is 11.8. The van der Waals surface area contributed by atoms with E-state index in [1.807, 2.05) is 43.5 Å². The maximum absolute atomic E-state index is 11.7. The summed E-state index contributed by atoms with van der Waals surface area (Å²) in [6.07, 6.45) is 0.340. The molecule has 1 heterocycles. The summed E-state index contributed by atoms with van der Waals surface area (Å²) in [6.45, 7) is 3.95. The number of nitrogens with zero attached hydrogens (tertiary/aromatic N) is 1. The molecule has 88 valence electrons. The van der Waals surface area contributed by atoms with Crippen LogP contribution >= 0.6 is 11.3 Å². The molecule has 1 N–H and O–H groups in total. The number of thiazole rings is 1. The fourth-order valence-electron chi connectivity index (χ4n) is 1.46. The summed E-state index contributed by atoms with van der Waals surface area (Å²) in [5.74, 6) is -0.0248. The monoisotopic (exact) mass is 246 g/mol. The molecule has 1 aromatic carbocycles. The Hall–Kier alpha value is -1.68. The minimum atomic E-state index is -0.0248. The van der Waals surface area contributed by atoms with E-state index in [9.17, 15) is 4.79 Å². The van der Waals surface area contributed by atoms with Gasteiger partial charge < -0.3 is 5.32 Å². The molecule has 0 spiro atoms. The first-order chi connectivity index (χ1) is 8.13. The Labute approximate surface area is 105 Å². The summed E-state index contributed by atoms with van der Waals surface area (Å²) < 4.78 is 0. The topological polar surface area (TPSA) is 42.0 Å². The van der Waals surface area contributed by atoms with Crippen LogP contribution < -0.4 is 5.32 Å². The predicted octanol–water partition coefficient (Wildman–Crippen LogP) is 2.94. The van der Waals surface area contributed by atoms with Gasteiger partial charge in [-0.25, -0.2) is 4.98 Å². The van der Waals surface area contributed by atoms with Crippen LogP contribution in [0.15, 0.2) is 29.6 Å². The van der Waals surface area contributed by atoms with Crippen molar-refractivity contribution in [1.82, 2.24) is 4.98 Å². The Balaban J connectivity index is 1.95. The molecular formula is C13H14N2OS. The van der Waals surface area contributed by atoms with Gasteiger partial charge in [-0.15, -0.1) is 11.3 Å². The van der Waals surface area contributed by atoms with Gasteiger partial charge in [0.25, 0.3) is 0 Å². The van der Waals surface area contributed by atoms with Gasteiger partial charge in [0.1, 0.15) is 5.01 Å². The van der Waals surface area contributed by atoms with E-state index in [0.29, 0.717) is 6.42 Å². The van der Waals surface area contributed by atoms with E-state index in [1.165, 1.54) is 16.9 Å². The molecule has 17 heavy (non-hydrogen) atoms. The molecule has 0 saturated heterocycles. The van der Waals surface area contributed by atoms with Crippen molar-refractivity contribution in [3.63, 3.8) is 0 Å². The average molecular weight is 246 g/mol. The third-order valence-electron chi connectivity index (χ3n) is 2.31. The Morgan fingerprint density at radius 3 is 2.59 bits per heavy atom. The van der Waals surface area contributed by atoms with Gasteiger partial charge in [0.2, 0.25) is 5.91 Å². The molecule has 0 aliphatic carbocycles. The van der Waals surface area contributed by atoms with Gasteiger partial charge in [-0.3, -0.25) is 4.79 Å². The van der Waals surface area contributed by atoms with E-state index in [2.05, 4.69) is 10.3 Å². The summed E-state index contributed by atoms with van der Waals surface area (Å²) in [7, 11) is 0. The standard InChI is InChI=1S/C13H14N2OS/c1-9-3-5-11(6-4-9)15-12(16)7-13-14-10(2)8-17-13/h3-6,8H,7H2,1-2H3,(H,15,16). The van der Waals surface area contributed by atoms with Crippen molar-refractivity contribution in [2.24, 2.45) is 0 Å². The zero-order valence-electron chi connectivity index (χ0n) is 9.86. The quantitative estimate of drug-likeness (QED) is 0.904. The number of anilines is 1. The van der Waals surface area contributed by atoms with Gasteiger partial charge >= 0.3 is 0 Å². The van der Waals surface area contributed by atoms with E-state index in [4.69, 9.17) is 0 Å². The lowest BCUT2D eigenvalue weighted by Gasteiger charge is -2.03. The number of hydrogen-bond donors (Lipinski definition) is 1. The van der Waals surface area contributed by atoms with Crippen LogP contribution in [0.2, 0.25) is 0 Å². The molecule has 0 aliphatic rings. The van der Waals surface area contributed by atoms with Crippen molar-refractivity contribution >= 4 is 22.9 Å². The van der Waals surface area contributed by atoms with Gasteiger partial charge in [0, 0.05) is 16.8 Å². The van der Waals surface area contributed by atoms with Crippen molar-refractivity contribution in [3.05, 3.63) is 45.9 Å². The smallest absolute Gasteiger partial charge is 0.231 e. The van der Waals surface area contributed by atoms with E-state index < -0.39 is 0 Å². The van der Waals surface area contributed by atoms with Gasteiger partial charge in [-0.05, 0) is 26.0 Å². The van der Waals surface area contributed by atoms with Crippen LogP contribution in [0, 0.1) is 13.8 Å². The third kappa shape index (κ3) is 3.39. The number of nitrogens with one attached hydrogen (secondary N) is 1. The highest BCUT2D eigenvalue weighted by atomic mass is 32.1. The highest BCUT2D eigenvalue weighted by Gasteiger charge is 2.06. The first-order valence-electron chi connectivity index (χ1n) is 5.41. The highest BCUT2D eigenvalue weighted by molar-refractivity contribution is 7.09. The molecule has 0 aliphatic heterocycles. The van der Waals surface area contributed by atoms with Crippen LogP contribution in [-0.2, 0) is 11.2 Å². The molecule has 0 fully saturated rings. The van der Waals surface area contributed by atoms with Crippen LogP contribution in [0.3, 0.4) is 0 Å². The van der Waals surface area contributed by atoms with E-state index >= 15 is 0 Å². The van der Waals surface area contributed by atoms with Crippen LogP contribution in [0.4, 0.5) is 5.69 Å². The summed E-state index contributed by atoms with van der Waals surface area (Å²) in [5.41, 5.74) is 2.97. The molecule has 2 rings (SSSR count). The molecule has 0 radical (unpaired) electrons. The van der Waals surface area contributed by atoms with Crippen molar-refractivity contribution < 1.29 is 4.79 Å². The van der Waals surface area contributed by atoms with Crippen LogP contribution in [0.25, 0.3) is 0 Å². The van der Waals surface area contributed by atoms with Gasteiger partial charge in [0.05, 0.1) is 6.42 Å². The summed E-state index contributed by atoms with van der Waals surface area (Å²) in [6, 6.07) is 7.76. The number of hydrogen-bond acceptors (Lipinski definition) is 3. The Bertz CT molecular complexity index is 516. The zero-order valence-corrected chi connectivity index (χ0v) is 10.7. The summed E-state index contributed by atoms with van der Waals surface area (Å²) in [4.78, 5) is 16.0. The number of rotatable bonds is 3. The Morgan fingerprint density at radius 2 is 2.00 bits per heavy atom. The lowest BCUT2D eigenvalue weighted by atomic mass is 10.2. The number of benzene rings is 1. The van der Waals surface area contributed by atoms with Crippen molar-refractivity contribution in [2.75, 3.05) is 5.32 Å². The second-order valence-electron chi connectivity index (χ2n) is 3.97. The molecule has 0 unspecified atom stereocenters. The maximum Gasteiger partial charge on any atom is 0.231 e. The van der Waals surface area contributed by atoms with Crippen LogP contribution in [0.5, 0.6) is 0 Å². The number of amides is 1. The lowest BCUT2D eigenvalue weighted by molar-refractivity contribution is -0.115. The van der Waals surface area contributed by atoms with Crippen LogP contribution in [-0.4, -0.2) is 10.9 Å². The number of carbonyl (C=O) groups is 1. The van der Waals surface area contributed by atoms with Crippen molar-refractivity contribution in [3.8, 4) is 0 Å². The van der Waals surface area contributed by atoms with Crippen molar-refractivity contribution in [1.29, 1.82) is 0 Å². The fourth-order valence-corrected chi connectivity index (χ4v) is 2.23. The first-order valence-corrected chi connectivity index (χ1v) is 6.29. The molecule has 4 heteroatoms. The molecule has 0 saturated carbocycles. The van der Waals surface area contributed by atoms with E-state index in [0.717, 1.165) is 16.4 Å². The molecule has 2 aromatic rings. The summed E-state index contributed by atoms with van der Waals surface area (Å²) >= 11 is 1.52. The average Bonchev–Trinajstić information content (AvgIpc) is 2.67. The molecule has 0 atom stereocenters. The minimum absolute atomic E-state index is 0.0248. The fraction of sp³-hybridized carbons (Fsp3) is 0.231. The lowest BCUT2D eigenvalue weighted by Crippen LogP contribution is -2.14. The maximum atomic E-state index is 11.7. The van der Waals surface area contributed by atoms with Gasteiger partial charge in [0.15, 0.2) is 0 Å². The third-order valence-corrected chi connectivity index (χ3v) is 3.28. The van der Waals surface area contributed by atoms with E-state index in [-0.39, 0.29) is 5.91 Å². The number of aryl methyl sites for hydroxylation is 2. The van der Waals surface area contributed by atoms with E-state index in [1.54, 1.807) is 0 Å². The summed E-state index contributed by atoms with van der Waals surface area (Å²) in [5, 5.41) is 5.66. The second-order valence-corrected chi connectivity index (χ2v) is 4.92. The molecule has 1 amide bonds. The highest BCUT2D eigenvalue weighted by Crippen LogP contribution is 2.12. The second kappa shape index (κ2) is 5.10. The SMILES string of the molecule is Cc1ccc(NC(=O)Cc2nc(C)cs2)cc1. The van der Waals surface area contributed by atoms with Gasteiger partial charge in [-0.1, -0.05) is 17.7 Å². The van der Waals surface area contributed by atoms with Crippen molar-refractivity contribution in [2.45, 2.75) is 20.3 Å². The molecule has 3 nitrogen and oxygen atoms in total. The zero-order chi connectivity index (χ0) is 12.3. The normalized spacial score (nSPS) is 10.2. The largest absolute Gasteiger partial charge is 0.326 e. The number of aromatic nitrogens is 1. The minimum Gasteiger partial charge on any atom is -0.326 e. The predicted molar refractivity (Wildman–Crippen MR) is 70.4 cm³/mol. The van der Waals surface area contributed by atoms with Gasteiger partial charge in [-0.2, -0.15) is 0 Å². The Kier molecular flexibility index (Phi) is 3.54. The number of carbonyl (C=O) groups excluding carboxylic acids is 1. The molecule has 0 bridgehead atoms. The Morgan fingerprint density at radius 1 is 1.29 bits per heavy atom. The molecular weight excluding hydrogens is 232 g/mol. The van der Waals surface area contributed by atoms with Crippen LogP contribution in [0.1, 0.15) is 16.3 Å².